The van der Waals surface area contributed by atoms with Crippen LogP contribution in [0.5, 0.6) is 0 Å². The largest absolute Gasteiger partial charge is 0.294 e. The van der Waals surface area contributed by atoms with Gasteiger partial charge in [-0.05, 0) is 51.0 Å². The first kappa shape index (κ1) is 23.4. The van der Waals surface area contributed by atoms with Crippen LogP contribution in [0.3, 0.4) is 0 Å². The van der Waals surface area contributed by atoms with Crippen LogP contribution in [0.15, 0.2) is 36.4 Å². The Morgan fingerprint density at radius 1 is 0.531 bits per heavy atom. The van der Waals surface area contributed by atoms with E-state index in [-0.39, 0.29) is 22.7 Å². The third-order valence-corrected chi connectivity index (χ3v) is 5.79. The van der Waals surface area contributed by atoms with Crippen molar-refractivity contribution in [1.29, 1.82) is 0 Å². The number of aryl methyl sites for hydroxylation is 2. The number of hydrogen-bond acceptors (Lipinski definition) is 4. The summed E-state index contributed by atoms with van der Waals surface area (Å²) in [5, 5.41) is 0. The third kappa shape index (κ3) is 5.90. The summed E-state index contributed by atoms with van der Waals surface area (Å²) in [5.41, 5.74) is 7.76. The summed E-state index contributed by atoms with van der Waals surface area (Å²) >= 11 is 0. The molecule has 0 radical (unpaired) electrons. The summed E-state index contributed by atoms with van der Waals surface area (Å²) in [7, 11) is 0. The zero-order valence-electron chi connectivity index (χ0n) is 18.8. The molecule has 0 aromatic heterocycles. The first-order chi connectivity index (χ1) is 15.4. The lowest BCUT2D eigenvalue weighted by Crippen LogP contribution is -2.42. The minimum atomic E-state index is -0.567. The first-order valence-electron chi connectivity index (χ1n) is 11.2. The Bertz CT molecular complexity index is 959. The molecule has 0 saturated carbocycles. The van der Waals surface area contributed by atoms with Crippen LogP contribution in [-0.4, -0.2) is 23.4 Å². The van der Waals surface area contributed by atoms with Gasteiger partial charge in [0.05, 0.1) is 11.1 Å². The molecule has 2 aromatic rings. The number of hydrogen-bond donors (Lipinski definition) is 2. The predicted molar refractivity (Wildman–Crippen MR) is 123 cm³/mol. The van der Waals surface area contributed by atoms with Gasteiger partial charge >= 0.3 is 0 Å². The van der Waals surface area contributed by atoms with E-state index in [0.29, 0.717) is 24.0 Å². The zero-order valence-corrected chi connectivity index (χ0v) is 18.8. The van der Waals surface area contributed by atoms with Crippen molar-refractivity contribution in [3.8, 4) is 0 Å². The number of benzene rings is 2. The van der Waals surface area contributed by atoms with Gasteiger partial charge in [0.2, 0.25) is 0 Å². The molecule has 0 unspecified atom stereocenters. The van der Waals surface area contributed by atoms with Gasteiger partial charge in [0.15, 0.2) is 11.6 Å². The van der Waals surface area contributed by atoms with Crippen molar-refractivity contribution in [1.82, 2.24) is 10.9 Å². The van der Waals surface area contributed by atoms with Crippen molar-refractivity contribution in [2.75, 3.05) is 0 Å². The molecule has 6 nitrogen and oxygen atoms in total. The number of Topliss-reactive ketones (excluding diaryl/α,β-unsaturated/α-hetero) is 2. The second-order valence-electron chi connectivity index (χ2n) is 8.47. The lowest BCUT2D eigenvalue weighted by molar-refractivity contribution is 0.0841. The average molecular weight is 435 g/mol. The van der Waals surface area contributed by atoms with E-state index >= 15 is 0 Å². The van der Waals surface area contributed by atoms with Crippen LogP contribution in [-0.2, 0) is 0 Å². The zero-order chi connectivity index (χ0) is 23.1. The Balaban J connectivity index is 1.89. The Morgan fingerprint density at radius 3 is 1.31 bits per heavy atom. The van der Waals surface area contributed by atoms with Gasteiger partial charge in [-0.1, -0.05) is 48.9 Å². The summed E-state index contributed by atoms with van der Waals surface area (Å²) in [5.74, 6) is -1.28. The van der Waals surface area contributed by atoms with E-state index in [4.69, 9.17) is 0 Å². The van der Waals surface area contributed by atoms with Gasteiger partial charge in [-0.25, -0.2) is 0 Å². The molecule has 1 aliphatic heterocycles. The van der Waals surface area contributed by atoms with E-state index in [0.717, 1.165) is 49.7 Å². The van der Waals surface area contributed by atoms with Crippen molar-refractivity contribution in [2.24, 2.45) is 0 Å². The molecule has 0 spiro atoms. The number of nitrogens with one attached hydrogen (secondary N) is 2. The van der Waals surface area contributed by atoms with Crippen molar-refractivity contribution in [2.45, 2.75) is 65.2 Å². The van der Waals surface area contributed by atoms with Crippen LogP contribution in [0, 0.1) is 13.8 Å². The molecule has 3 rings (SSSR count). The first-order valence-corrected chi connectivity index (χ1v) is 11.2. The van der Waals surface area contributed by atoms with E-state index in [2.05, 4.69) is 10.9 Å². The number of fused-ring (bicyclic) bond motifs is 2. The molecule has 168 valence electrons. The fourth-order valence-corrected chi connectivity index (χ4v) is 3.97. The minimum Gasteiger partial charge on any atom is -0.294 e. The summed E-state index contributed by atoms with van der Waals surface area (Å²) < 4.78 is 0. The summed E-state index contributed by atoms with van der Waals surface area (Å²) in [6, 6.07) is 10.2. The predicted octanol–water partition coefficient (Wildman–Crippen LogP) is 4.88. The molecule has 0 saturated heterocycles. The summed E-state index contributed by atoms with van der Waals surface area (Å²) in [6.45, 7) is 3.74. The number of amides is 2. The number of carbonyl (C=O) groups excluding carboxylic acids is 4. The second kappa shape index (κ2) is 10.8. The van der Waals surface area contributed by atoms with Crippen LogP contribution in [0.2, 0.25) is 0 Å². The van der Waals surface area contributed by atoms with Gasteiger partial charge in [0, 0.05) is 24.0 Å². The van der Waals surface area contributed by atoms with E-state index in [1.807, 2.05) is 13.8 Å². The average Bonchev–Trinajstić information content (AvgIpc) is 2.77. The van der Waals surface area contributed by atoms with E-state index < -0.39 is 11.8 Å². The Morgan fingerprint density at radius 2 is 0.906 bits per heavy atom. The Kier molecular flexibility index (Phi) is 7.92. The van der Waals surface area contributed by atoms with E-state index in [9.17, 15) is 19.2 Å². The highest BCUT2D eigenvalue weighted by atomic mass is 16.2. The van der Waals surface area contributed by atoms with Crippen LogP contribution in [0.25, 0.3) is 0 Å². The summed E-state index contributed by atoms with van der Waals surface area (Å²) in [4.78, 5) is 51.1. The molecule has 1 aliphatic rings. The normalized spacial score (nSPS) is 16.8. The van der Waals surface area contributed by atoms with E-state index in [1.165, 1.54) is 0 Å². The van der Waals surface area contributed by atoms with E-state index in [1.54, 1.807) is 36.4 Å². The number of ketones is 2. The SMILES string of the molecule is Cc1ccc2c(c1)C(=O)CCCCCCCCC(=O)c1cc(C)ccc1C(=O)NNC2=O. The molecule has 1 heterocycles. The van der Waals surface area contributed by atoms with Crippen LogP contribution >= 0.6 is 0 Å². The van der Waals surface area contributed by atoms with Crippen LogP contribution < -0.4 is 10.9 Å². The number of hydrazine groups is 1. The van der Waals surface area contributed by atoms with Crippen molar-refractivity contribution in [3.63, 3.8) is 0 Å². The fraction of sp³-hybridized carbons (Fsp3) is 0.385. The van der Waals surface area contributed by atoms with Gasteiger partial charge in [-0.3, -0.25) is 30.0 Å². The summed E-state index contributed by atoms with van der Waals surface area (Å²) in [6.07, 6.45) is 6.15. The monoisotopic (exact) mass is 434 g/mol. The maximum absolute atomic E-state index is 12.8. The Hall–Kier alpha value is -3.28. The number of carbonyl (C=O) groups is 4. The topological polar surface area (TPSA) is 92.3 Å². The molecule has 6 heteroatoms. The van der Waals surface area contributed by atoms with Gasteiger partial charge in [-0.2, -0.15) is 0 Å². The smallest absolute Gasteiger partial charge is 0.270 e. The lowest BCUT2D eigenvalue weighted by atomic mass is 9.95. The van der Waals surface area contributed by atoms with Gasteiger partial charge < -0.3 is 0 Å². The van der Waals surface area contributed by atoms with Crippen LogP contribution in [0.1, 0.15) is 104 Å². The second-order valence-corrected chi connectivity index (χ2v) is 8.47. The molecule has 0 aliphatic carbocycles. The van der Waals surface area contributed by atoms with Gasteiger partial charge in [0.25, 0.3) is 11.8 Å². The minimum absolute atomic E-state index is 0.0716. The molecule has 0 bridgehead atoms. The maximum Gasteiger partial charge on any atom is 0.270 e. The highest BCUT2D eigenvalue weighted by molar-refractivity contribution is 6.10. The molecule has 2 amide bonds. The molecule has 32 heavy (non-hydrogen) atoms. The fourth-order valence-electron chi connectivity index (χ4n) is 3.97. The van der Waals surface area contributed by atoms with Crippen molar-refractivity contribution < 1.29 is 19.2 Å². The maximum atomic E-state index is 12.8. The molecule has 2 aromatic carbocycles. The Labute approximate surface area is 188 Å². The van der Waals surface area contributed by atoms with Crippen molar-refractivity contribution in [3.05, 3.63) is 69.8 Å². The van der Waals surface area contributed by atoms with Crippen molar-refractivity contribution >= 4 is 23.4 Å². The standard InChI is InChI=1S/C26H30N2O4/c1-17-11-13-19-21(15-17)23(29)9-7-5-3-4-6-8-10-24(30)22-16-18(2)12-14-20(22)26(32)28-27-25(19)31/h11-16H,3-10H2,1-2H3,(H,27,31)(H,28,32). The number of rotatable bonds is 0. The molecular formula is C26H30N2O4. The lowest BCUT2D eigenvalue weighted by Gasteiger charge is -2.14. The quantitative estimate of drug-likeness (QED) is 0.618. The highest BCUT2D eigenvalue weighted by Gasteiger charge is 2.20. The highest BCUT2D eigenvalue weighted by Crippen LogP contribution is 2.19. The van der Waals surface area contributed by atoms with Crippen LogP contribution in [0.4, 0.5) is 0 Å². The van der Waals surface area contributed by atoms with Gasteiger partial charge in [0.1, 0.15) is 0 Å². The third-order valence-electron chi connectivity index (χ3n) is 5.79. The molecule has 0 fully saturated rings. The molecular weight excluding hydrogens is 404 g/mol. The molecule has 2 N–H and O–H groups in total. The molecule has 0 atom stereocenters. The van der Waals surface area contributed by atoms with Gasteiger partial charge in [-0.15, -0.1) is 0 Å².